The molecule has 1 aromatic carbocycles. The summed E-state index contributed by atoms with van der Waals surface area (Å²) in [6.45, 7) is 4.84. The molecular formula is C12H18O3. The van der Waals surface area contributed by atoms with Gasteiger partial charge in [-0.25, -0.2) is 0 Å². The van der Waals surface area contributed by atoms with Crippen LogP contribution in [0.25, 0.3) is 0 Å². The molecule has 1 rings (SSSR count). The van der Waals surface area contributed by atoms with Gasteiger partial charge in [0, 0.05) is 7.11 Å². The molecule has 0 amide bonds. The van der Waals surface area contributed by atoms with E-state index in [0.717, 1.165) is 16.9 Å². The zero-order valence-corrected chi connectivity index (χ0v) is 9.49. The summed E-state index contributed by atoms with van der Waals surface area (Å²) in [7, 11) is 1.65. The molecule has 1 aromatic rings. The minimum Gasteiger partial charge on any atom is -0.491 e. The highest BCUT2D eigenvalue weighted by atomic mass is 16.5. The van der Waals surface area contributed by atoms with Gasteiger partial charge in [0.1, 0.15) is 12.4 Å². The van der Waals surface area contributed by atoms with E-state index in [-0.39, 0.29) is 0 Å². The Bertz CT molecular complexity index is 308. The van der Waals surface area contributed by atoms with Crippen LogP contribution >= 0.6 is 0 Å². The van der Waals surface area contributed by atoms with Crippen molar-refractivity contribution in [3.63, 3.8) is 0 Å². The zero-order valence-electron chi connectivity index (χ0n) is 9.49. The Morgan fingerprint density at radius 2 is 2.07 bits per heavy atom. The maximum Gasteiger partial charge on any atom is 0.122 e. The van der Waals surface area contributed by atoms with Crippen LogP contribution in [0.4, 0.5) is 0 Å². The van der Waals surface area contributed by atoms with Crippen LogP contribution in [0, 0.1) is 6.92 Å². The average molecular weight is 210 g/mol. The van der Waals surface area contributed by atoms with E-state index in [0.29, 0.717) is 13.2 Å². The van der Waals surface area contributed by atoms with Crippen molar-refractivity contribution in [1.29, 1.82) is 0 Å². The summed E-state index contributed by atoms with van der Waals surface area (Å²) in [5.74, 6) is 0.844. The van der Waals surface area contributed by atoms with E-state index in [1.807, 2.05) is 25.1 Å². The second-order valence-electron chi connectivity index (χ2n) is 3.54. The molecule has 15 heavy (non-hydrogen) atoms. The van der Waals surface area contributed by atoms with E-state index in [4.69, 9.17) is 9.47 Å². The smallest absolute Gasteiger partial charge is 0.122 e. The quantitative estimate of drug-likeness (QED) is 0.756. The second kappa shape index (κ2) is 5.73. The van der Waals surface area contributed by atoms with Crippen molar-refractivity contribution in [2.24, 2.45) is 0 Å². The summed E-state index contributed by atoms with van der Waals surface area (Å²) < 4.78 is 10.4. The van der Waals surface area contributed by atoms with E-state index in [1.54, 1.807) is 14.0 Å². The Kier molecular flexibility index (Phi) is 4.59. The number of methoxy groups -OCH3 is 1. The molecule has 0 radical (unpaired) electrons. The van der Waals surface area contributed by atoms with E-state index >= 15 is 0 Å². The number of ether oxygens (including phenoxy) is 2. The van der Waals surface area contributed by atoms with E-state index in [9.17, 15) is 5.11 Å². The highest BCUT2D eigenvalue weighted by Crippen LogP contribution is 2.22. The van der Waals surface area contributed by atoms with E-state index < -0.39 is 6.10 Å². The monoisotopic (exact) mass is 210 g/mol. The van der Waals surface area contributed by atoms with Crippen LogP contribution in [-0.2, 0) is 4.74 Å². The molecule has 0 saturated carbocycles. The third-order valence-electron chi connectivity index (χ3n) is 2.23. The lowest BCUT2D eigenvalue weighted by atomic mass is 10.1. The van der Waals surface area contributed by atoms with Crippen LogP contribution in [-0.4, -0.2) is 25.4 Å². The van der Waals surface area contributed by atoms with Gasteiger partial charge in [-0.3, -0.25) is 0 Å². The fourth-order valence-corrected chi connectivity index (χ4v) is 1.33. The van der Waals surface area contributed by atoms with Crippen LogP contribution in [0.1, 0.15) is 24.2 Å². The molecule has 0 saturated heterocycles. The zero-order chi connectivity index (χ0) is 11.3. The molecule has 0 aliphatic heterocycles. The standard InChI is InChI=1S/C12H18O3/c1-9-8-11(10(2)13)4-5-12(9)15-7-6-14-3/h4-5,8,10,13H,6-7H2,1-3H3. The van der Waals surface area contributed by atoms with Crippen molar-refractivity contribution in [1.82, 2.24) is 0 Å². The first-order chi connectivity index (χ1) is 7.15. The molecular weight excluding hydrogens is 192 g/mol. The normalized spacial score (nSPS) is 12.5. The van der Waals surface area contributed by atoms with Gasteiger partial charge in [-0.05, 0) is 37.1 Å². The van der Waals surface area contributed by atoms with Crippen LogP contribution in [0.2, 0.25) is 0 Å². The molecule has 0 heterocycles. The van der Waals surface area contributed by atoms with Crippen molar-refractivity contribution in [2.45, 2.75) is 20.0 Å². The first kappa shape index (κ1) is 12.0. The lowest BCUT2D eigenvalue weighted by Gasteiger charge is -2.11. The minimum atomic E-state index is -0.434. The van der Waals surface area contributed by atoms with Gasteiger partial charge in [-0.1, -0.05) is 6.07 Å². The molecule has 0 aliphatic carbocycles. The van der Waals surface area contributed by atoms with Gasteiger partial charge in [0.2, 0.25) is 0 Å². The fourth-order valence-electron chi connectivity index (χ4n) is 1.33. The van der Waals surface area contributed by atoms with Crippen molar-refractivity contribution < 1.29 is 14.6 Å². The summed E-state index contributed by atoms with van der Waals surface area (Å²) in [6, 6.07) is 5.69. The van der Waals surface area contributed by atoms with Crippen LogP contribution < -0.4 is 4.74 Å². The number of hydrogen-bond donors (Lipinski definition) is 1. The van der Waals surface area contributed by atoms with E-state index in [2.05, 4.69) is 0 Å². The van der Waals surface area contributed by atoms with Gasteiger partial charge < -0.3 is 14.6 Å². The van der Waals surface area contributed by atoms with Gasteiger partial charge in [0.15, 0.2) is 0 Å². The minimum absolute atomic E-state index is 0.434. The Hall–Kier alpha value is -1.06. The Morgan fingerprint density at radius 1 is 1.33 bits per heavy atom. The number of aryl methyl sites for hydroxylation is 1. The first-order valence-corrected chi connectivity index (χ1v) is 5.05. The molecule has 3 nitrogen and oxygen atoms in total. The summed E-state index contributed by atoms with van der Waals surface area (Å²) in [6.07, 6.45) is -0.434. The maximum absolute atomic E-state index is 9.39. The molecule has 1 unspecified atom stereocenters. The maximum atomic E-state index is 9.39. The first-order valence-electron chi connectivity index (χ1n) is 5.05. The molecule has 1 atom stereocenters. The van der Waals surface area contributed by atoms with Crippen molar-refractivity contribution in [3.8, 4) is 5.75 Å². The van der Waals surface area contributed by atoms with Gasteiger partial charge in [0.05, 0.1) is 12.7 Å². The SMILES string of the molecule is COCCOc1ccc(C(C)O)cc1C. The van der Waals surface area contributed by atoms with Gasteiger partial charge in [0.25, 0.3) is 0 Å². The fraction of sp³-hybridized carbons (Fsp3) is 0.500. The lowest BCUT2D eigenvalue weighted by Crippen LogP contribution is -2.05. The molecule has 3 heteroatoms. The number of aliphatic hydroxyl groups is 1. The Balaban J connectivity index is 2.66. The second-order valence-corrected chi connectivity index (χ2v) is 3.54. The summed E-state index contributed by atoms with van der Waals surface area (Å²) >= 11 is 0. The predicted molar refractivity (Wildman–Crippen MR) is 59.2 cm³/mol. The molecule has 0 spiro atoms. The number of aliphatic hydroxyl groups excluding tert-OH is 1. The van der Waals surface area contributed by atoms with Gasteiger partial charge in [-0.2, -0.15) is 0 Å². The molecule has 0 aliphatic rings. The molecule has 0 bridgehead atoms. The van der Waals surface area contributed by atoms with Crippen LogP contribution in [0.5, 0.6) is 5.75 Å². The summed E-state index contributed by atoms with van der Waals surface area (Å²) in [5.41, 5.74) is 1.94. The highest BCUT2D eigenvalue weighted by Gasteiger charge is 2.04. The largest absolute Gasteiger partial charge is 0.491 e. The van der Waals surface area contributed by atoms with Gasteiger partial charge in [-0.15, -0.1) is 0 Å². The van der Waals surface area contributed by atoms with Crippen molar-refractivity contribution in [2.75, 3.05) is 20.3 Å². The number of hydrogen-bond acceptors (Lipinski definition) is 3. The Morgan fingerprint density at radius 3 is 2.60 bits per heavy atom. The molecule has 0 fully saturated rings. The summed E-state index contributed by atoms with van der Waals surface area (Å²) in [5, 5.41) is 9.39. The molecule has 0 aromatic heterocycles. The van der Waals surface area contributed by atoms with Crippen LogP contribution in [0.15, 0.2) is 18.2 Å². The molecule has 84 valence electrons. The van der Waals surface area contributed by atoms with E-state index in [1.165, 1.54) is 0 Å². The number of rotatable bonds is 5. The third kappa shape index (κ3) is 3.53. The van der Waals surface area contributed by atoms with Crippen LogP contribution in [0.3, 0.4) is 0 Å². The van der Waals surface area contributed by atoms with Crippen molar-refractivity contribution >= 4 is 0 Å². The molecule has 1 N–H and O–H groups in total. The Labute approximate surface area is 90.6 Å². The van der Waals surface area contributed by atoms with Gasteiger partial charge >= 0.3 is 0 Å². The lowest BCUT2D eigenvalue weighted by molar-refractivity contribution is 0.146. The topological polar surface area (TPSA) is 38.7 Å². The van der Waals surface area contributed by atoms with Crippen molar-refractivity contribution in [3.05, 3.63) is 29.3 Å². The number of benzene rings is 1. The average Bonchev–Trinajstić information content (AvgIpc) is 2.20. The predicted octanol–water partition coefficient (Wildman–Crippen LogP) is 2.07. The third-order valence-corrected chi connectivity index (χ3v) is 2.23. The summed E-state index contributed by atoms with van der Waals surface area (Å²) in [4.78, 5) is 0. The highest BCUT2D eigenvalue weighted by molar-refractivity contribution is 5.36.